The number of rotatable bonds is 12. The third-order valence-electron chi connectivity index (χ3n) is 5.01. The van der Waals surface area contributed by atoms with Crippen LogP contribution in [0.15, 0.2) is 23.1 Å². The molecule has 1 aliphatic heterocycles. The Kier molecular flexibility index (Phi) is 9.36. The Morgan fingerprint density at radius 3 is 2.34 bits per heavy atom. The molecule has 12 nitrogen and oxygen atoms in total. The number of anilines is 1. The van der Waals surface area contributed by atoms with Crippen LogP contribution in [0, 0.1) is 10.1 Å². The second kappa shape index (κ2) is 11.3. The summed E-state index contributed by atoms with van der Waals surface area (Å²) in [5.74, 6) is 0. The van der Waals surface area contributed by atoms with E-state index in [1.165, 1.54) is 16.4 Å². The van der Waals surface area contributed by atoms with E-state index in [0.717, 1.165) is 12.3 Å². The Morgan fingerprint density at radius 2 is 1.81 bits per heavy atom. The molecule has 1 aromatic carbocycles. The van der Waals surface area contributed by atoms with E-state index in [4.69, 9.17) is 9.29 Å². The highest BCUT2D eigenvalue weighted by Crippen LogP contribution is 2.32. The molecular weight excluding hydrogens is 464 g/mol. The lowest BCUT2D eigenvalue weighted by Gasteiger charge is -2.34. The van der Waals surface area contributed by atoms with Gasteiger partial charge < -0.3 is 10.0 Å². The number of sulfonamides is 1. The normalized spacial score (nSPS) is 16.2. The van der Waals surface area contributed by atoms with Crippen LogP contribution in [0.5, 0.6) is 0 Å². The second-order valence-electron chi connectivity index (χ2n) is 7.39. The summed E-state index contributed by atoms with van der Waals surface area (Å²) in [6.45, 7) is 3.85. The summed E-state index contributed by atoms with van der Waals surface area (Å²) in [4.78, 5) is 14.1. The largest absolute Gasteiger partial charge is 0.395 e. The maximum atomic E-state index is 13.5. The van der Waals surface area contributed by atoms with Gasteiger partial charge in [0.05, 0.1) is 30.1 Å². The van der Waals surface area contributed by atoms with E-state index in [9.17, 15) is 26.9 Å². The molecule has 1 heterocycles. The van der Waals surface area contributed by atoms with Gasteiger partial charge in [-0.05, 0) is 12.5 Å². The smallest absolute Gasteiger partial charge is 0.270 e. The van der Waals surface area contributed by atoms with Gasteiger partial charge in [0.15, 0.2) is 0 Å². The number of nitro groups is 1. The number of nitro benzene ring substituents is 1. The highest BCUT2D eigenvalue weighted by molar-refractivity contribution is 7.89. The Balaban J connectivity index is 2.40. The fraction of sp³-hybridized carbons (Fsp3) is 0.667. The van der Waals surface area contributed by atoms with Crippen LogP contribution in [0.1, 0.15) is 13.3 Å². The fourth-order valence-corrected chi connectivity index (χ4v) is 5.51. The number of aliphatic hydroxyl groups is 1. The van der Waals surface area contributed by atoms with Gasteiger partial charge in [0, 0.05) is 57.9 Å². The van der Waals surface area contributed by atoms with Crippen molar-refractivity contribution in [1.29, 1.82) is 0 Å². The summed E-state index contributed by atoms with van der Waals surface area (Å²) >= 11 is 0. The molecule has 1 aromatic rings. The van der Waals surface area contributed by atoms with E-state index in [1.807, 2.05) is 11.8 Å². The minimum Gasteiger partial charge on any atom is -0.395 e. The van der Waals surface area contributed by atoms with Crippen molar-refractivity contribution in [3.63, 3.8) is 0 Å². The topological polar surface area (TPSA) is 151 Å². The van der Waals surface area contributed by atoms with Crippen molar-refractivity contribution in [2.45, 2.75) is 18.2 Å². The molecule has 0 aromatic heterocycles. The molecule has 0 amide bonds. The van der Waals surface area contributed by atoms with E-state index in [2.05, 4.69) is 0 Å². The van der Waals surface area contributed by atoms with Crippen LogP contribution in [-0.4, -0.2) is 101 Å². The summed E-state index contributed by atoms with van der Waals surface area (Å²) in [5.41, 5.74) is -0.0950. The summed E-state index contributed by atoms with van der Waals surface area (Å²) in [6.07, 6.45) is 1.56. The zero-order chi connectivity index (χ0) is 23.9. The van der Waals surface area contributed by atoms with Crippen LogP contribution >= 0.6 is 0 Å². The number of piperazine rings is 1. The Hall–Kier alpha value is -1.84. The molecule has 14 heteroatoms. The number of nitrogens with zero attached hydrogens (tertiary/aromatic N) is 4. The van der Waals surface area contributed by atoms with Crippen LogP contribution in [0.25, 0.3) is 0 Å². The molecule has 0 aliphatic carbocycles. The lowest BCUT2D eigenvalue weighted by molar-refractivity contribution is -0.385. The van der Waals surface area contributed by atoms with Gasteiger partial charge in [-0.2, -0.15) is 12.7 Å². The predicted molar refractivity (Wildman–Crippen MR) is 119 cm³/mol. The van der Waals surface area contributed by atoms with Gasteiger partial charge in [0.1, 0.15) is 4.90 Å². The van der Waals surface area contributed by atoms with E-state index < -0.39 is 25.1 Å². The fourth-order valence-electron chi connectivity index (χ4n) is 3.48. The first-order valence-corrected chi connectivity index (χ1v) is 13.5. The van der Waals surface area contributed by atoms with Crippen molar-refractivity contribution in [3.05, 3.63) is 28.3 Å². The Morgan fingerprint density at radius 1 is 1.16 bits per heavy atom. The van der Waals surface area contributed by atoms with Crippen LogP contribution in [0.3, 0.4) is 0 Å². The zero-order valence-electron chi connectivity index (χ0n) is 18.2. The van der Waals surface area contributed by atoms with Crippen LogP contribution in [0.4, 0.5) is 11.4 Å². The van der Waals surface area contributed by atoms with Gasteiger partial charge in [-0.25, -0.2) is 8.42 Å². The van der Waals surface area contributed by atoms with Gasteiger partial charge in [-0.15, -0.1) is 0 Å². The molecular formula is C18H30N4O8S2. The molecule has 1 fully saturated rings. The molecule has 0 unspecified atom stereocenters. The first kappa shape index (κ1) is 26.4. The monoisotopic (exact) mass is 494 g/mol. The molecule has 182 valence electrons. The van der Waals surface area contributed by atoms with E-state index in [-0.39, 0.29) is 49.1 Å². The summed E-state index contributed by atoms with van der Waals surface area (Å²) in [5, 5.41) is 20.4. The number of β-amino-alcohol motifs (C(OH)–C–C–N with tert-alkyl or cyclic N) is 1. The molecule has 0 bridgehead atoms. The van der Waals surface area contributed by atoms with Gasteiger partial charge in [0.25, 0.3) is 15.8 Å². The summed E-state index contributed by atoms with van der Waals surface area (Å²) in [6, 6.07) is 3.65. The first-order chi connectivity index (χ1) is 15.0. The summed E-state index contributed by atoms with van der Waals surface area (Å²) < 4.78 is 55.6. The number of aliphatic hydroxyl groups excluding tert-OH is 1. The highest BCUT2D eigenvalue weighted by Gasteiger charge is 2.33. The van der Waals surface area contributed by atoms with Gasteiger partial charge in [-0.1, -0.05) is 6.92 Å². The standard InChI is InChI=1S/C18H30N4O8S2/c1-3-6-20(12-14-30-31(2,26)27)17-5-4-16(22(24)25)15-18(17)32(28,29)21-9-7-19(8-10-21)11-13-23/h4-5,15,23H,3,6-14H2,1-2H3. The molecule has 32 heavy (non-hydrogen) atoms. The minimum absolute atomic E-state index is 0.0245. The number of benzene rings is 1. The lowest BCUT2D eigenvalue weighted by atomic mass is 10.2. The van der Waals surface area contributed by atoms with E-state index in [1.54, 1.807) is 4.90 Å². The predicted octanol–water partition coefficient (Wildman–Crippen LogP) is 0.0860. The van der Waals surface area contributed by atoms with Crippen LogP contribution in [-0.2, 0) is 24.3 Å². The van der Waals surface area contributed by atoms with Gasteiger partial charge in [-0.3, -0.25) is 19.2 Å². The van der Waals surface area contributed by atoms with E-state index in [0.29, 0.717) is 32.6 Å². The number of hydrogen-bond donors (Lipinski definition) is 1. The Bertz CT molecular complexity index is 992. The zero-order valence-corrected chi connectivity index (χ0v) is 19.8. The van der Waals surface area contributed by atoms with Crippen LogP contribution in [0.2, 0.25) is 0 Å². The maximum Gasteiger partial charge on any atom is 0.270 e. The third kappa shape index (κ3) is 7.08. The number of non-ortho nitro benzene ring substituents is 1. The molecule has 2 rings (SSSR count). The van der Waals surface area contributed by atoms with Crippen molar-refractivity contribution < 1.29 is 31.0 Å². The van der Waals surface area contributed by atoms with Gasteiger partial charge >= 0.3 is 0 Å². The average Bonchev–Trinajstić information content (AvgIpc) is 2.72. The van der Waals surface area contributed by atoms with Crippen molar-refractivity contribution in [2.24, 2.45) is 0 Å². The molecule has 1 saturated heterocycles. The minimum atomic E-state index is -4.06. The average molecular weight is 495 g/mol. The van der Waals surface area contributed by atoms with E-state index >= 15 is 0 Å². The second-order valence-corrected chi connectivity index (χ2v) is 10.9. The SMILES string of the molecule is CCCN(CCOS(C)(=O)=O)c1ccc([N+](=O)[O-])cc1S(=O)(=O)N1CCN(CCO)CC1. The molecule has 0 radical (unpaired) electrons. The Labute approximate surface area is 188 Å². The number of hydrogen-bond acceptors (Lipinski definition) is 10. The maximum absolute atomic E-state index is 13.5. The molecule has 0 spiro atoms. The third-order valence-corrected chi connectivity index (χ3v) is 7.53. The molecule has 1 aliphatic rings. The van der Waals surface area contributed by atoms with Crippen molar-refractivity contribution in [3.8, 4) is 0 Å². The highest BCUT2D eigenvalue weighted by atomic mass is 32.2. The van der Waals surface area contributed by atoms with Crippen LogP contribution < -0.4 is 4.90 Å². The van der Waals surface area contributed by atoms with Crippen molar-refractivity contribution in [2.75, 3.05) is 70.2 Å². The molecule has 1 N–H and O–H groups in total. The quantitative estimate of drug-likeness (QED) is 0.240. The van der Waals surface area contributed by atoms with Gasteiger partial charge in [0.2, 0.25) is 10.0 Å². The summed E-state index contributed by atoms with van der Waals surface area (Å²) in [7, 11) is -7.73. The molecule has 0 atom stereocenters. The van der Waals surface area contributed by atoms with Crippen molar-refractivity contribution in [1.82, 2.24) is 9.21 Å². The lowest BCUT2D eigenvalue weighted by Crippen LogP contribution is -2.49. The van der Waals surface area contributed by atoms with Crippen molar-refractivity contribution >= 4 is 31.5 Å². The first-order valence-electron chi connectivity index (χ1n) is 10.2. The molecule has 0 saturated carbocycles.